The number of imidazole rings is 1. The van der Waals surface area contributed by atoms with Crippen LogP contribution in [0.1, 0.15) is 74.3 Å². The van der Waals surface area contributed by atoms with Crippen molar-refractivity contribution in [2.45, 2.75) is 77.4 Å². The van der Waals surface area contributed by atoms with Gasteiger partial charge in [0.15, 0.2) is 12.4 Å². The van der Waals surface area contributed by atoms with Crippen molar-refractivity contribution in [3.8, 4) is 11.1 Å². The van der Waals surface area contributed by atoms with Crippen molar-refractivity contribution >= 4 is 22.9 Å². The molecule has 0 aliphatic carbocycles. The number of rotatable bonds is 11. The molecule has 0 bridgehead atoms. The van der Waals surface area contributed by atoms with Crippen molar-refractivity contribution in [3.63, 3.8) is 0 Å². The number of aliphatic hydroxyl groups excluding tert-OH is 1. The number of benzene rings is 4. The molecule has 3 N–H and O–H groups in total. The van der Waals surface area contributed by atoms with E-state index in [1.165, 1.54) is 6.92 Å². The summed E-state index contributed by atoms with van der Waals surface area (Å²) in [6.45, 7) is 7.70. The second-order valence-electron chi connectivity index (χ2n) is 14.4. The molecular weight excluding hydrogens is 684 g/mol. The highest BCUT2D eigenvalue weighted by atomic mass is 16.7. The molecule has 1 amide bonds. The van der Waals surface area contributed by atoms with E-state index in [0.717, 1.165) is 76.9 Å². The first kappa shape index (κ1) is 37.3. The van der Waals surface area contributed by atoms with Gasteiger partial charge in [-0.05, 0) is 59.7 Å². The highest BCUT2D eigenvalue weighted by Crippen LogP contribution is 2.42. The molecule has 54 heavy (non-hydrogen) atoms. The zero-order chi connectivity index (χ0) is 37.8. The Kier molecular flexibility index (Phi) is 11.4. The summed E-state index contributed by atoms with van der Waals surface area (Å²) < 4.78 is 20.5. The van der Waals surface area contributed by atoms with Crippen LogP contribution in [0.5, 0.6) is 0 Å². The van der Waals surface area contributed by atoms with Crippen molar-refractivity contribution in [3.05, 3.63) is 130 Å². The third-order valence-electron chi connectivity index (χ3n) is 10.8. The van der Waals surface area contributed by atoms with Gasteiger partial charge in [0.25, 0.3) is 5.91 Å². The Balaban J connectivity index is 1.07. The number of H-pyrrole nitrogens is 1. The summed E-state index contributed by atoms with van der Waals surface area (Å²) >= 11 is 0. The number of likely N-dealkylation sites (tertiary alicyclic amines) is 1. The third kappa shape index (κ3) is 8.19. The van der Waals surface area contributed by atoms with Crippen molar-refractivity contribution in [1.29, 1.82) is 0 Å². The highest BCUT2D eigenvalue weighted by molar-refractivity contribution is 5.83. The molecule has 5 aromatic rings. The molecule has 2 aliphatic heterocycles. The minimum Gasteiger partial charge on any atom is -0.453 e. The molecule has 7 rings (SSSR count). The minimum absolute atomic E-state index is 0.0222. The van der Waals surface area contributed by atoms with Crippen LogP contribution >= 0.6 is 0 Å². The van der Waals surface area contributed by atoms with Gasteiger partial charge in [0.05, 0.1) is 29.8 Å². The van der Waals surface area contributed by atoms with E-state index in [1.54, 1.807) is 6.92 Å². The standard InChI is InChI=1S/C43H48N4O7/c1-27-39(25-46-22-20-35(21-23-46)47-38-11-7-6-10-37(38)45-43(47)51)53-42(54-40(27)32-14-12-30(26-48)13-15-32)33-18-16-31(17-19-33)36-9-5-4-8-34(36)24-44-41(50)28(2)52-29(3)49/h4-19,27-28,35,39-40,42,48H,20-26H2,1-3H3,(H,44,50)(H,45,51)/t27-,28-,39+,40+,42+/m0/s1. The van der Waals surface area contributed by atoms with Gasteiger partial charge in [-0.3, -0.25) is 14.2 Å². The van der Waals surface area contributed by atoms with Gasteiger partial charge in [-0.1, -0.05) is 91.9 Å². The Bertz CT molecular complexity index is 2120. The van der Waals surface area contributed by atoms with Gasteiger partial charge in [-0.15, -0.1) is 0 Å². The number of aromatic amines is 1. The maximum atomic E-state index is 12.9. The number of nitrogens with one attached hydrogen (secondary N) is 2. The highest BCUT2D eigenvalue weighted by Gasteiger charge is 2.39. The summed E-state index contributed by atoms with van der Waals surface area (Å²) in [4.78, 5) is 42.2. The second-order valence-corrected chi connectivity index (χ2v) is 14.4. The number of hydrogen-bond acceptors (Lipinski definition) is 8. The number of para-hydroxylation sites is 2. The van der Waals surface area contributed by atoms with E-state index in [1.807, 2.05) is 102 Å². The quantitative estimate of drug-likeness (QED) is 0.137. The second kappa shape index (κ2) is 16.5. The summed E-state index contributed by atoms with van der Waals surface area (Å²) in [5.41, 5.74) is 7.42. The molecule has 11 nitrogen and oxygen atoms in total. The summed E-state index contributed by atoms with van der Waals surface area (Å²) in [7, 11) is 0. The fourth-order valence-corrected chi connectivity index (χ4v) is 7.78. The lowest BCUT2D eigenvalue weighted by Gasteiger charge is -2.44. The number of aliphatic hydroxyl groups is 1. The van der Waals surface area contributed by atoms with E-state index in [4.69, 9.17) is 14.2 Å². The molecule has 0 unspecified atom stereocenters. The van der Waals surface area contributed by atoms with E-state index >= 15 is 0 Å². The smallest absolute Gasteiger partial charge is 0.326 e. The van der Waals surface area contributed by atoms with Crippen molar-refractivity contribution in [2.75, 3.05) is 19.6 Å². The van der Waals surface area contributed by atoms with Crippen molar-refractivity contribution < 1.29 is 28.9 Å². The molecular formula is C43H48N4O7. The zero-order valence-corrected chi connectivity index (χ0v) is 30.9. The molecule has 0 saturated carbocycles. The molecule has 3 heterocycles. The van der Waals surface area contributed by atoms with Crippen LogP contribution < -0.4 is 11.0 Å². The first-order chi connectivity index (χ1) is 26.2. The van der Waals surface area contributed by atoms with Crippen LogP contribution in [0.4, 0.5) is 0 Å². The molecule has 5 atom stereocenters. The van der Waals surface area contributed by atoms with Crippen LogP contribution in [0.2, 0.25) is 0 Å². The topological polar surface area (TPSA) is 135 Å². The summed E-state index contributed by atoms with van der Waals surface area (Å²) in [5, 5.41) is 12.5. The van der Waals surface area contributed by atoms with Crippen LogP contribution in [0.15, 0.2) is 102 Å². The number of nitrogens with zero attached hydrogens (tertiary/aromatic N) is 2. The van der Waals surface area contributed by atoms with Crippen LogP contribution in [-0.2, 0) is 37.0 Å². The van der Waals surface area contributed by atoms with Gasteiger partial charge in [0, 0.05) is 50.6 Å². The van der Waals surface area contributed by atoms with E-state index in [-0.39, 0.29) is 48.9 Å². The molecule has 282 valence electrons. The minimum atomic E-state index is -0.879. The summed E-state index contributed by atoms with van der Waals surface area (Å²) in [6, 6.07) is 31.9. The van der Waals surface area contributed by atoms with E-state index < -0.39 is 18.4 Å². The van der Waals surface area contributed by atoms with Crippen LogP contribution in [-0.4, -0.2) is 63.3 Å². The number of piperidine rings is 1. The van der Waals surface area contributed by atoms with Crippen molar-refractivity contribution in [1.82, 2.24) is 19.8 Å². The fourth-order valence-electron chi connectivity index (χ4n) is 7.78. The summed E-state index contributed by atoms with van der Waals surface area (Å²) in [5.74, 6) is -0.822. The van der Waals surface area contributed by atoms with E-state index in [9.17, 15) is 19.5 Å². The fraction of sp³-hybridized carbons (Fsp3) is 0.372. The molecule has 2 aliphatic rings. The van der Waals surface area contributed by atoms with Gasteiger partial charge in [-0.25, -0.2) is 4.79 Å². The Morgan fingerprint density at radius 2 is 1.61 bits per heavy atom. The first-order valence-electron chi connectivity index (χ1n) is 18.7. The third-order valence-corrected chi connectivity index (χ3v) is 10.8. The van der Waals surface area contributed by atoms with Gasteiger partial charge in [0.2, 0.25) is 0 Å². The van der Waals surface area contributed by atoms with Crippen molar-refractivity contribution in [2.24, 2.45) is 5.92 Å². The molecule has 2 fully saturated rings. The average molecular weight is 733 g/mol. The molecule has 4 aromatic carbocycles. The van der Waals surface area contributed by atoms with E-state index in [2.05, 4.69) is 22.1 Å². The van der Waals surface area contributed by atoms with E-state index in [0.29, 0.717) is 0 Å². The number of aromatic nitrogens is 2. The molecule has 0 radical (unpaired) electrons. The largest absolute Gasteiger partial charge is 0.453 e. The zero-order valence-electron chi connectivity index (χ0n) is 30.9. The molecule has 11 heteroatoms. The SMILES string of the molecule is CC(=O)O[C@@H](C)C(=O)NCc1ccccc1-c1ccc([C@@H]2O[C@H](CN3CCC(n4c(=O)[nH]c5ccccc54)CC3)[C@H](C)[C@H](c3ccc(CO)cc3)O2)cc1. The van der Waals surface area contributed by atoms with Gasteiger partial charge in [-0.2, -0.15) is 0 Å². The average Bonchev–Trinajstić information content (AvgIpc) is 3.53. The first-order valence-corrected chi connectivity index (χ1v) is 18.7. The number of esters is 1. The number of ether oxygens (including phenoxy) is 3. The normalized spacial score (nSPS) is 21.5. The number of fused-ring (bicyclic) bond motifs is 1. The maximum Gasteiger partial charge on any atom is 0.326 e. The van der Waals surface area contributed by atoms with Crippen LogP contribution in [0, 0.1) is 5.92 Å². The number of amides is 1. The lowest BCUT2D eigenvalue weighted by atomic mass is 9.89. The van der Waals surface area contributed by atoms with Gasteiger partial charge >= 0.3 is 11.7 Å². The number of carbonyl (C=O) groups is 2. The molecule has 1 aromatic heterocycles. The predicted octanol–water partition coefficient (Wildman–Crippen LogP) is 6.19. The molecule has 2 saturated heterocycles. The Hall–Kier alpha value is -5.07. The Morgan fingerprint density at radius 1 is 0.926 bits per heavy atom. The lowest BCUT2D eigenvalue weighted by Crippen LogP contribution is -2.47. The monoisotopic (exact) mass is 732 g/mol. The maximum absolute atomic E-state index is 12.9. The predicted molar refractivity (Wildman–Crippen MR) is 205 cm³/mol. The Morgan fingerprint density at radius 3 is 2.33 bits per heavy atom. The molecule has 0 spiro atoms. The lowest BCUT2D eigenvalue weighted by molar-refractivity contribution is -0.276. The van der Waals surface area contributed by atoms with Crippen LogP contribution in [0.3, 0.4) is 0 Å². The number of hydrogen-bond donors (Lipinski definition) is 3. The van der Waals surface area contributed by atoms with Gasteiger partial charge in [0.1, 0.15) is 0 Å². The number of carbonyl (C=O) groups excluding carboxylic acids is 2. The van der Waals surface area contributed by atoms with Gasteiger partial charge < -0.3 is 34.5 Å². The van der Waals surface area contributed by atoms with Crippen LogP contribution in [0.25, 0.3) is 22.2 Å². The Labute approximate surface area is 314 Å². The summed E-state index contributed by atoms with van der Waals surface area (Å²) in [6.07, 6.45) is -0.114.